The molecule has 1 aliphatic rings. The van der Waals surface area contributed by atoms with Gasteiger partial charge in [0.15, 0.2) is 0 Å². The van der Waals surface area contributed by atoms with Crippen LogP contribution in [0.2, 0.25) is 0 Å². The Hall–Kier alpha value is -1.64. The van der Waals surface area contributed by atoms with Gasteiger partial charge >= 0.3 is 0 Å². The molecule has 0 saturated carbocycles. The molecule has 0 fully saturated rings. The van der Waals surface area contributed by atoms with Gasteiger partial charge in [-0.25, -0.2) is 0 Å². The molecule has 2 nitrogen and oxygen atoms in total. The van der Waals surface area contributed by atoms with E-state index in [1.165, 1.54) is 22.3 Å². The largest absolute Gasteiger partial charge is 0.377 e. The number of benzene rings is 2. The van der Waals surface area contributed by atoms with Crippen LogP contribution >= 0.6 is 0 Å². The number of hydrogen-bond donors (Lipinski definition) is 0. The molecule has 2 aromatic carbocycles. The van der Waals surface area contributed by atoms with Crippen molar-refractivity contribution < 1.29 is 9.47 Å². The standard InChI is InChI=1S/C21H26O2/c1-15(2)22-13-21(14-23-16(3)4)19-11-7-5-9-17(19)18-10-6-8-12-20(18)21/h5-12,15-16H,13-14H2,1-4H3. The Morgan fingerprint density at radius 1 is 0.696 bits per heavy atom. The lowest BCUT2D eigenvalue weighted by Crippen LogP contribution is -2.38. The van der Waals surface area contributed by atoms with Crippen LogP contribution in [0.5, 0.6) is 0 Å². The summed E-state index contributed by atoms with van der Waals surface area (Å²) in [6.07, 6.45) is 0.400. The second kappa shape index (κ2) is 6.46. The van der Waals surface area contributed by atoms with E-state index in [0.29, 0.717) is 13.2 Å². The predicted molar refractivity (Wildman–Crippen MR) is 94.8 cm³/mol. The zero-order chi connectivity index (χ0) is 16.4. The third kappa shape index (κ3) is 2.93. The Kier molecular flexibility index (Phi) is 4.56. The van der Waals surface area contributed by atoms with E-state index in [2.05, 4.69) is 76.2 Å². The molecular formula is C21H26O2. The van der Waals surface area contributed by atoms with E-state index in [1.54, 1.807) is 0 Å². The van der Waals surface area contributed by atoms with Crippen molar-refractivity contribution in [3.8, 4) is 11.1 Å². The van der Waals surface area contributed by atoms with Gasteiger partial charge in [0, 0.05) is 0 Å². The molecule has 0 bridgehead atoms. The summed E-state index contributed by atoms with van der Waals surface area (Å²) in [6.45, 7) is 9.64. The fraction of sp³-hybridized carbons (Fsp3) is 0.429. The SMILES string of the molecule is CC(C)OCC1(COC(C)C)c2ccccc2-c2ccccc21. The third-order valence-corrected chi connectivity index (χ3v) is 4.50. The lowest BCUT2D eigenvalue weighted by atomic mass is 9.79. The van der Waals surface area contributed by atoms with Gasteiger partial charge in [-0.2, -0.15) is 0 Å². The Balaban J connectivity index is 2.12. The molecule has 0 heterocycles. The van der Waals surface area contributed by atoms with E-state index >= 15 is 0 Å². The third-order valence-electron chi connectivity index (χ3n) is 4.50. The summed E-state index contributed by atoms with van der Waals surface area (Å²) in [5.74, 6) is 0. The lowest BCUT2D eigenvalue weighted by molar-refractivity contribution is -0.00571. The first-order valence-electron chi connectivity index (χ1n) is 8.47. The average Bonchev–Trinajstić information content (AvgIpc) is 2.82. The Morgan fingerprint density at radius 2 is 1.09 bits per heavy atom. The molecule has 2 heteroatoms. The highest BCUT2D eigenvalue weighted by molar-refractivity contribution is 5.81. The van der Waals surface area contributed by atoms with Crippen LogP contribution in [0, 0.1) is 0 Å². The number of fused-ring (bicyclic) bond motifs is 3. The summed E-state index contributed by atoms with van der Waals surface area (Å²) < 4.78 is 12.2. The van der Waals surface area contributed by atoms with Gasteiger partial charge in [-0.15, -0.1) is 0 Å². The van der Waals surface area contributed by atoms with E-state index in [9.17, 15) is 0 Å². The van der Waals surface area contributed by atoms with Crippen LogP contribution in [0.25, 0.3) is 11.1 Å². The van der Waals surface area contributed by atoms with E-state index in [4.69, 9.17) is 9.47 Å². The first-order chi connectivity index (χ1) is 11.0. The second-order valence-corrected chi connectivity index (χ2v) is 6.89. The fourth-order valence-corrected chi connectivity index (χ4v) is 3.39. The Labute approximate surface area is 139 Å². The van der Waals surface area contributed by atoms with Crippen molar-refractivity contribution in [3.05, 3.63) is 59.7 Å². The van der Waals surface area contributed by atoms with E-state index in [0.717, 1.165) is 0 Å². The maximum absolute atomic E-state index is 6.10. The van der Waals surface area contributed by atoms with Crippen LogP contribution in [0.3, 0.4) is 0 Å². The number of rotatable bonds is 6. The zero-order valence-corrected chi connectivity index (χ0v) is 14.5. The van der Waals surface area contributed by atoms with Crippen LogP contribution in [-0.4, -0.2) is 25.4 Å². The summed E-state index contributed by atoms with van der Waals surface area (Å²) in [5.41, 5.74) is 5.04. The fourth-order valence-electron chi connectivity index (χ4n) is 3.39. The minimum atomic E-state index is -0.221. The molecule has 0 aliphatic heterocycles. The summed E-state index contributed by atoms with van der Waals surface area (Å²) in [4.78, 5) is 0. The molecule has 2 aromatic rings. The molecule has 0 unspecified atom stereocenters. The van der Waals surface area contributed by atoms with Gasteiger partial charge in [-0.1, -0.05) is 48.5 Å². The molecule has 0 aromatic heterocycles. The minimum Gasteiger partial charge on any atom is -0.377 e. The van der Waals surface area contributed by atoms with Crippen LogP contribution in [0.4, 0.5) is 0 Å². The molecule has 122 valence electrons. The van der Waals surface area contributed by atoms with Gasteiger partial charge in [0.05, 0.1) is 30.8 Å². The highest BCUT2D eigenvalue weighted by atomic mass is 16.5. The summed E-state index contributed by atoms with van der Waals surface area (Å²) in [5, 5.41) is 0. The van der Waals surface area contributed by atoms with Gasteiger partial charge in [-0.3, -0.25) is 0 Å². The number of hydrogen-bond acceptors (Lipinski definition) is 2. The van der Waals surface area contributed by atoms with Crippen molar-refractivity contribution in [1.82, 2.24) is 0 Å². The van der Waals surface area contributed by atoms with E-state index < -0.39 is 0 Å². The Bertz CT molecular complexity index is 614. The summed E-state index contributed by atoms with van der Waals surface area (Å²) >= 11 is 0. The molecule has 0 spiro atoms. The van der Waals surface area contributed by atoms with Crippen LogP contribution in [-0.2, 0) is 14.9 Å². The van der Waals surface area contributed by atoms with Crippen molar-refractivity contribution in [1.29, 1.82) is 0 Å². The van der Waals surface area contributed by atoms with Gasteiger partial charge in [-0.05, 0) is 49.9 Å². The minimum absolute atomic E-state index is 0.200. The van der Waals surface area contributed by atoms with Gasteiger partial charge in [0.2, 0.25) is 0 Å². The number of ether oxygens (including phenoxy) is 2. The average molecular weight is 310 g/mol. The van der Waals surface area contributed by atoms with Crippen LogP contribution in [0.15, 0.2) is 48.5 Å². The molecule has 0 N–H and O–H groups in total. The molecule has 0 saturated heterocycles. The zero-order valence-electron chi connectivity index (χ0n) is 14.5. The smallest absolute Gasteiger partial charge is 0.0681 e. The van der Waals surface area contributed by atoms with Gasteiger partial charge < -0.3 is 9.47 Å². The molecule has 0 radical (unpaired) electrons. The molecule has 0 amide bonds. The van der Waals surface area contributed by atoms with Crippen molar-refractivity contribution >= 4 is 0 Å². The molecule has 3 rings (SSSR count). The quantitative estimate of drug-likeness (QED) is 0.763. The monoisotopic (exact) mass is 310 g/mol. The summed E-state index contributed by atoms with van der Waals surface area (Å²) in [7, 11) is 0. The van der Waals surface area contributed by atoms with Gasteiger partial charge in [0.1, 0.15) is 0 Å². The normalized spacial score (nSPS) is 15.0. The van der Waals surface area contributed by atoms with E-state index in [1.807, 2.05) is 0 Å². The van der Waals surface area contributed by atoms with Gasteiger partial charge in [0.25, 0.3) is 0 Å². The highest BCUT2D eigenvalue weighted by Crippen LogP contribution is 2.49. The summed E-state index contributed by atoms with van der Waals surface area (Å²) in [6, 6.07) is 17.3. The van der Waals surface area contributed by atoms with Crippen molar-refractivity contribution in [3.63, 3.8) is 0 Å². The van der Waals surface area contributed by atoms with Crippen molar-refractivity contribution in [2.75, 3.05) is 13.2 Å². The predicted octanol–water partition coefficient (Wildman–Crippen LogP) is 4.80. The molecule has 0 atom stereocenters. The second-order valence-electron chi connectivity index (χ2n) is 6.89. The van der Waals surface area contributed by atoms with E-state index in [-0.39, 0.29) is 17.6 Å². The maximum Gasteiger partial charge on any atom is 0.0681 e. The molecule has 1 aliphatic carbocycles. The van der Waals surface area contributed by atoms with Crippen LogP contribution in [0.1, 0.15) is 38.8 Å². The lowest BCUT2D eigenvalue weighted by Gasteiger charge is -2.33. The van der Waals surface area contributed by atoms with Crippen LogP contribution < -0.4 is 0 Å². The van der Waals surface area contributed by atoms with Crippen molar-refractivity contribution in [2.24, 2.45) is 0 Å². The highest BCUT2D eigenvalue weighted by Gasteiger charge is 2.43. The van der Waals surface area contributed by atoms with Crippen molar-refractivity contribution in [2.45, 2.75) is 45.3 Å². The molecular weight excluding hydrogens is 284 g/mol. The first kappa shape index (κ1) is 16.2. The maximum atomic E-state index is 6.10. The topological polar surface area (TPSA) is 18.5 Å². The first-order valence-corrected chi connectivity index (χ1v) is 8.47. The molecule has 23 heavy (non-hydrogen) atoms. The Morgan fingerprint density at radius 3 is 1.48 bits per heavy atom.